The molecule has 162 valence electrons. The number of likely N-dealkylation sites (tertiary alicyclic amines) is 1. The van der Waals surface area contributed by atoms with Crippen molar-refractivity contribution in [1.29, 1.82) is 0 Å². The topological polar surface area (TPSA) is 98.6 Å². The molecule has 1 aromatic carbocycles. The van der Waals surface area contributed by atoms with Crippen molar-refractivity contribution < 1.29 is 0 Å². The zero-order chi connectivity index (χ0) is 22.1. The van der Waals surface area contributed by atoms with E-state index in [1.54, 1.807) is 4.68 Å². The lowest BCUT2D eigenvalue weighted by atomic mass is 10.1. The number of aryl methyl sites for hydroxylation is 1. The van der Waals surface area contributed by atoms with Crippen LogP contribution in [0.1, 0.15) is 36.3 Å². The highest BCUT2D eigenvalue weighted by Gasteiger charge is 2.22. The van der Waals surface area contributed by atoms with Crippen molar-refractivity contribution in [2.75, 3.05) is 18.8 Å². The molecule has 3 aromatic heterocycles. The molecule has 0 amide bonds. The molecule has 0 spiro atoms. The number of pyridine rings is 1. The molecule has 1 saturated heterocycles. The molecular formula is C24H26N8. The lowest BCUT2D eigenvalue weighted by Crippen LogP contribution is -2.39. The summed E-state index contributed by atoms with van der Waals surface area (Å²) in [5.74, 6) is 0.211. The zero-order valence-electron chi connectivity index (χ0n) is 18.3. The average molecular weight is 427 g/mol. The van der Waals surface area contributed by atoms with Gasteiger partial charge in [-0.05, 0) is 44.5 Å². The number of hydrogen-bond acceptors (Lipinski definition) is 7. The van der Waals surface area contributed by atoms with Gasteiger partial charge in [-0.3, -0.25) is 9.88 Å². The zero-order valence-corrected chi connectivity index (χ0v) is 18.3. The van der Waals surface area contributed by atoms with E-state index in [0.29, 0.717) is 24.0 Å². The minimum Gasteiger partial charge on any atom is -0.368 e. The van der Waals surface area contributed by atoms with Gasteiger partial charge in [0, 0.05) is 24.7 Å². The lowest BCUT2D eigenvalue weighted by Gasteiger charge is -2.36. The number of nitrogens with zero attached hydrogens (tertiary/aromatic N) is 7. The minimum atomic E-state index is 0.211. The molecule has 8 nitrogen and oxygen atoms in total. The molecule has 1 aliphatic rings. The first-order chi connectivity index (χ1) is 15.5. The van der Waals surface area contributed by atoms with E-state index in [1.807, 2.05) is 43.5 Å². The first-order valence-electron chi connectivity index (χ1n) is 10.9. The number of rotatable bonds is 6. The molecule has 0 radical (unpaired) electrons. The molecular weight excluding hydrogens is 400 g/mol. The maximum Gasteiger partial charge on any atom is 0.221 e. The van der Waals surface area contributed by atoms with Crippen LogP contribution in [0.3, 0.4) is 0 Å². The Morgan fingerprint density at radius 3 is 2.56 bits per heavy atom. The second kappa shape index (κ2) is 8.47. The first kappa shape index (κ1) is 20.3. The highest BCUT2D eigenvalue weighted by molar-refractivity contribution is 5.67. The van der Waals surface area contributed by atoms with Crippen molar-refractivity contribution >= 4 is 5.95 Å². The predicted octanol–water partition coefficient (Wildman–Crippen LogP) is 3.50. The first-order valence-corrected chi connectivity index (χ1v) is 10.9. The summed E-state index contributed by atoms with van der Waals surface area (Å²) in [6.07, 6.45) is 3.14. The molecule has 8 heteroatoms. The van der Waals surface area contributed by atoms with Crippen molar-refractivity contribution in [3.8, 4) is 22.6 Å². The van der Waals surface area contributed by atoms with E-state index in [9.17, 15) is 0 Å². The summed E-state index contributed by atoms with van der Waals surface area (Å²) in [4.78, 5) is 16.1. The number of anilines is 1. The van der Waals surface area contributed by atoms with Crippen LogP contribution < -0.4 is 5.73 Å². The molecule has 1 aliphatic heterocycles. The van der Waals surface area contributed by atoms with Gasteiger partial charge in [0.05, 0.1) is 35.5 Å². The van der Waals surface area contributed by atoms with E-state index in [1.165, 1.54) is 6.42 Å². The number of nitrogen functional groups attached to an aromatic ring is 1. The van der Waals surface area contributed by atoms with E-state index >= 15 is 0 Å². The Morgan fingerprint density at radius 1 is 0.969 bits per heavy atom. The summed E-state index contributed by atoms with van der Waals surface area (Å²) >= 11 is 0. The molecule has 0 bridgehead atoms. The molecule has 2 N–H and O–H groups in total. The summed E-state index contributed by atoms with van der Waals surface area (Å²) in [6.45, 7) is 7.09. The van der Waals surface area contributed by atoms with Gasteiger partial charge in [0.25, 0.3) is 0 Å². The van der Waals surface area contributed by atoms with E-state index in [0.717, 1.165) is 41.3 Å². The van der Waals surface area contributed by atoms with Crippen molar-refractivity contribution in [1.82, 2.24) is 34.8 Å². The molecule has 0 unspecified atom stereocenters. The fraction of sp³-hybridized carbons (Fsp3) is 0.292. The van der Waals surface area contributed by atoms with Crippen molar-refractivity contribution in [2.24, 2.45) is 0 Å². The van der Waals surface area contributed by atoms with Crippen LogP contribution in [0, 0.1) is 6.92 Å². The van der Waals surface area contributed by atoms with Gasteiger partial charge in [0.2, 0.25) is 5.95 Å². The maximum atomic E-state index is 6.00. The summed E-state index contributed by atoms with van der Waals surface area (Å²) in [7, 11) is 0. The second-order valence-electron chi connectivity index (χ2n) is 8.29. The SMILES string of the molecule is Cc1cccc(-c2cc(-c3cn(Cc4cccc([C@H](C)N5CCC5)n4)nn3)nc(N)n2)c1. The smallest absolute Gasteiger partial charge is 0.221 e. The Kier molecular flexibility index (Phi) is 5.36. The molecule has 5 rings (SSSR count). The van der Waals surface area contributed by atoms with E-state index in [4.69, 9.17) is 10.7 Å². The maximum absolute atomic E-state index is 6.00. The molecule has 0 saturated carbocycles. The third-order valence-corrected chi connectivity index (χ3v) is 5.88. The number of nitrogens with two attached hydrogens (primary N) is 1. The predicted molar refractivity (Wildman–Crippen MR) is 124 cm³/mol. The Morgan fingerprint density at radius 2 is 1.78 bits per heavy atom. The van der Waals surface area contributed by atoms with Crippen LogP contribution in [0.25, 0.3) is 22.6 Å². The van der Waals surface area contributed by atoms with E-state index in [-0.39, 0.29) is 5.95 Å². The van der Waals surface area contributed by atoms with Gasteiger partial charge < -0.3 is 5.73 Å². The fourth-order valence-electron chi connectivity index (χ4n) is 3.94. The Hall–Kier alpha value is -3.65. The molecule has 4 heterocycles. The summed E-state index contributed by atoms with van der Waals surface area (Å²) in [5.41, 5.74) is 12.3. The normalized spacial score (nSPS) is 14.8. The van der Waals surface area contributed by atoms with Crippen LogP contribution in [-0.4, -0.2) is 47.9 Å². The van der Waals surface area contributed by atoms with E-state index < -0.39 is 0 Å². The van der Waals surface area contributed by atoms with Crippen LogP contribution in [0.2, 0.25) is 0 Å². The number of aromatic nitrogens is 6. The van der Waals surface area contributed by atoms with Gasteiger partial charge in [0.1, 0.15) is 5.69 Å². The van der Waals surface area contributed by atoms with Gasteiger partial charge in [-0.1, -0.05) is 35.0 Å². The number of benzene rings is 1. The monoisotopic (exact) mass is 426 g/mol. The van der Waals surface area contributed by atoms with Crippen LogP contribution in [0.4, 0.5) is 5.95 Å². The molecule has 4 aromatic rings. The quantitative estimate of drug-likeness (QED) is 0.504. The highest BCUT2D eigenvalue weighted by Crippen LogP contribution is 2.25. The highest BCUT2D eigenvalue weighted by atomic mass is 15.4. The molecule has 0 aliphatic carbocycles. The molecule has 1 fully saturated rings. The van der Waals surface area contributed by atoms with Crippen LogP contribution >= 0.6 is 0 Å². The van der Waals surface area contributed by atoms with Crippen LogP contribution in [0.15, 0.2) is 54.7 Å². The average Bonchev–Trinajstić information content (AvgIpc) is 3.21. The summed E-state index contributed by atoms with van der Waals surface area (Å²) < 4.78 is 1.78. The summed E-state index contributed by atoms with van der Waals surface area (Å²) in [5, 5.41) is 8.60. The van der Waals surface area contributed by atoms with Crippen LogP contribution in [-0.2, 0) is 6.54 Å². The van der Waals surface area contributed by atoms with Gasteiger partial charge in [-0.2, -0.15) is 0 Å². The lowest BCUT2D eigenvalue weighted by molar-refractivity contribution is 0.126. The second-order valence-corrected chi connectivity index (χ2v) is 8.29. The minimum absolute atomic E-state index is 0.211. The Bertz CT molecular complexity index is 1240. The van der Waals surface area contributed by atoms with Gasteiger partial charge in [0.15, 0.2) is 0 Å². The van der Waals surface area contributed by atoms with Gasteiger partial charge in [-0.15, -0.1) is 5.10 Å². The van der Waals surface area contributed by atoms with E-state index in [2.05, 4.69) is 50.3 Å². The standard InChI is InChI=1S/C24H26N8/c1-16-6-3-7-18(12-16)21-13-22(28-24(25)27-21)23-15-32(30-29-23)14-19-8-4-9-20(26-19)17(2)31-10-5-11-31/h3-4,6-9,12-13,15,17H,5,10-11,14H2,1-2H3,(H2,25,27,28)/t17-/m0/s1. The van der Waals surface area contributed by atoms with Crippen LogP contribution in [0.5, 0.6) is 0 Å². The molecule has 1 atom stereocenters. The Labute approximate surface area is 187 Å². The molecule has 32 heavy (non-hydrogen) atoms. The van der Waals surface area contributed by atoms with Crippen molar-refractivity contribution in [3.05, 3.63) is 71.7 Å². The fourth-order valence-corrected chi connectivity index (χ4v) is 3.94. The summed E-state index contributed by atoms with van der Waals surface area (Å²) in [6, 6.07) is 16.5. The van der Waals surface area contributed by atoms with Gasteiger partial charge in [-0.25, -0.2) is 14.6 Å². The third-order valence-electron chi connectivity index (χ3n) is 5.88. The van der Waals surface area contributed by atoms with Crippen molar-refractivity contribution in [2.45, 2.75) is 32.9 Å². The number of hydrogen-bond donors (Lipinski definition) is 1. The van der Waals surface area contributed by atoms with Crippen molar-refractivity contribution in [3.63, 3.8) is 0 Å². The third kappa shape index (κ3) is 4.22. The Balaban J connectivity index is 1.37. The van der Waals surface area contributed by atoms with Gasteiger partial charge >= 0.3 is 0 Å². The largest absolute Gasteiger partial charge is 0.368 e.